The van der Waals surface area contributed by atoms with Gasteiger partial charge in [0.2, 0.25) is 10.0 Å². The van der Waals surface area contributed by atoms with Gasteiger partial charge in [-0.1, -0.05) is 19.1 Å². The highest BCUT2D eigenvalue weighted by Gasteiger charge is 2.22. The van der Waals surface area contributed by atoms with Gasteiger partial charge in [-0.05, 0) is 30.5 Å². The monoisotopic (exact) mass is 325 g/mol. The predicted octanol–water partition coefficient (Wildman–Crippen LogP) is 2.20. The van der Waals surface area contributed by atoms with Crippen LogP contribution in [-0.4, -0.2) is 13.4 Å². The van der Waals surface area contributed by atoms with Crippen LogP contribution in [0.2, 0.25) is 0 Å². The number of benzene rings is 1. The number of thiazole rings is 1. The third-order valence-corrected chi connectivity index (χ3v) is 5.77. The van der Waals surface area contributed by atoms with E-state index in [0.29, 0.717) is 17.9 Å². The van der Waals surface area contributed by atoms with Gasteiger partial charge in [-0.25, -0.2) is 18.1 Å². The van der Waals surface area contributed by atoms with Crippen molar-refractivity contribution < 1.29 is 8.42 Å². The van der Waals surface area contributed by atoms with Gasteiger partial charge in [0.1, 0.15) is 5.01 Å². The first-order valence-electron chi connectivity index (χ1n) is 6.71. The summed E-state index contributed by atoms with van der Waals surface area (Å²) in [6, 6.07) is 4.98. The van der Waals surface area contributed by atoms with Crippen molar-refractivity contribution in [2.24, 2.45) is 5.73 Å². The van der Waals surface area contributed by atoms with Crippen LogP contribution >= 0.6 is 11.3 Å². The molecule has 1 unspecified atom stereocenters. The molecular weight excluding hydrogens is 306 g/mol. The fourth-order valence-corrected chi connectivity index (χ4v) is 4.35. The molecule has 3 N–H and O–H groups in total. The summed E-state index contributed by atoms with van der Waals surface area (Å²) >= 11 is 1.43. The van der Waals surface area contributed by atoms with Gasteiger partial charge < -0.3 is 5.73 Å². The molecule has 0 aliphatic carbocycles. The summed E-state index contributed by atoms with van der Waals surface area (Å²) in [6.45, 7) is 4.03. The maximum Gasteiger partial charge on any atom is 0.241 e. The Bertz CT molecular complexity index is 697. The molecule has 0 bridgehead atoms. The average molecular weight is 325 g/mol. The molecule has 0 saturated carbocycles. The summed E-state index contributed by atoms with van der Waals surface area (Å²) in [5.74, 6) is 0. The summed E-state index contributed by atoms with van der Waals surface area (Å²) in [7, 11) is -3.60. The zero-order chi connectivity index (χ0) is 15.5. The van der Waals surface area contributed by atoms with Gasteiger partial charge in [-0.3, -0.25) is 0 Å². The fraction of sp³-hybridized carbons (Fsp3) is 0.357. The Balaban J connectivity index is 2.34. The molecule has 21 heavy (non-hydrogen) atoms. The second kappa shape index (κ2) is 6.65. The first-order valence-corrected chi connectivity index (χ1v) is 9.07. The summed E-state index contributed by atoms with van der Waals surface area (Å²) in [5, 5.41) is 2.57. The lowest BCUT2D eigenvalue weighted by Gasteiger charge is -2.15. The molecule has 1 aromatic heterocycles. The minimum absolute atomic E-state index is 0.302. The van der Waals surface area contributed by atoms with E-state index in [1.165, 1.54) is 11.3 Å². The summed E-state index contributed by atoms with van der Waals surface area (Å²) in [4.78, 5) is 4.44. The van der Waals surface area contributed by atoms with Crippen molar-refractivity contribution in [3.63, 3.8) is 0 Å². The van der Waals surface area contributed by atoms with Crippen LogP contribution < -0.4 is 10.5 Å². The standard InChI is InChI=1S/C14H19N3O2S2/c1-3-12-5-4-11(9-15)8-13(12)21(18,19)17-10(2)14-16-6-7-20-14/h4-8,10,17H,3,9,15H2,1-2H3. The van der Waals surface area contributed by atoms with Crippen molar-refractivity contribution in [1.29, 1.82) is 0 Å². The molecule has 0 amide bonds. The van der Waals surface area contributed by atoms with Crippen LogP contribution in [-0.2, 0) is 23.0 Å². The number of hydrogen-bond acceptors (Lipinski definition) is 5. The molecule has 2 aromatic rings. The van der Waals surface area contributed by atoms with Gasteiger partial charge in [-0.2, -0.15) is 0 Å². The Hall–Kier alpha value is -1.28. The maximum absolute atomic E-state index is 12.6. The van der Waals surface area contributed by atoms with Crippen molar-refractivity contribution in [2.75, 3.05) is 0 Å². The Morgan fingerprint density at radius 2 is 2.19 bits per heavy atom. The highest BCUT2D eigenvalue weighted by atomic mass is 32.2. The van der Waals surface area contributed by atoms with Crippen molar-refractivity contribution in [2.45, 2.75) is 37.8 Å². The summed E-state index contributed by atoms with van der Waals surface area (Å²) < 4.78 is 27.9. The minimum atomic E-state index is -3.60. The summed E-state index contributed by atoms with van der Waals surface area (Å²) in [6.07, 6.45) is 2.31. The van der Waals surface area contributed by atoms with E-state index in [1.54, 1.807) is 19.2 Å². The average Bonchev–Trinajstić information content (AvgIpc) is 3.00. The molecule has 2 rings (SSSR count). The number of rotatable bonds is 6. The van der Waals surface area contributed by atoms with Crippen molar-refractivity contribution in [3.8, 4) is 0 Å². The lowest BCUT2D eigenvalue weighted by molar-refractivity contribution is 0.565. The fourth-order valence-electron chi connectivity index (χ4n) is 2.06. The summed E-state index contributed by atoms with van der Waals surface area (Å²) in [5.41, 5.74) is 7.19. The molecule has 114 valence electrons. The van der Waals surface area contributed by atoms with Gasteiger partial charge in [0.25, 0.3) is 0 Å². The molecular formula is C14H19N3O2S2. The minimum Gasteiger partial charge on any atom is -0.326 e. The van der Waals surface area contributed by atoms with Crippen LogP contribution in [0.3, 0.4) is 0 Å². The molecule has 0 spiro atoms. The Kier molecular flexibility index (Phi) is 5.10. The molecule has 1 aromatic carbocycles. The SMILES string of the molecule is CCc1ccc(CN)cc1S(=O)(=O)NC(C)c1nccs1. The molecule has 1 atom stereocenters. The predicted molar refractivity (Wildman–Crippen MR) is 84.6 cm³/mol. The topological polar surface area (TPSA) is 85.1 Å². The Morgan fingerprint density at radius 3 is 2.76 bits per heavy atom. The van der Waals surface area contributed by atoms with Crippen molar-refractivity contribution in [1.82, 2.24) is 9.71 Å². The van der Waals surface area contributed by atoms with Gasteiger partial charge in [-0.15, -0.1) is 11.3 Å². The van der Waals surface area contributed by atoms with E-state index in [-0.39, 0.29) is 6.04 Å². The van der Waals surface area contributed by atoms with Crippen molar-refractivity contribution in [3.05, 3.63) is 45.9 Å². The molecule has 7 heteroatoms. The molecule has 5 nitrogen and oxygen atoms in total. The zero-order valence-electron chi connectivity index (χ0n) is 12.0. The molecule has 0 aliphatic heterocycles. The van der Waals surface area contributed by atoms with E-state index in [9.17, 15) is 8.42 Å². The smallest absolute Gasteiger partial charge is 0.241 e. The largest absolute Gasteiger partial charge is 0.326 e. The van der Waals surface area contributed by atoms with E-state index in [1.807, 2.05) is 24.4 Å². The lowest BCUT2D eigenvalue weighted by Crippen LogP contribution is -2.27. The van der Waals surface area contributed by atoms with Crippen molar-refractivity contribution >= 4 is 21.4 Å². The van der Waals surface area contributed by atoms with E-state index in [0.717, 1.165) is 16.1 Å². The van der Waals surface area contributed by atoms with E-state index >= 15 is 0 Å². The highest BCUT2D eigenvalue weighted by molar-refractivity contribution is 7.89. The second-order valence-corrected chi connectivity index (χ2v) is 7.32. The zero-order valence-corrected chi connectivity index (χ0v) is 13.7. The number of aryl methyl sites for hydroxylation is 1. The molecule has 0 aliphatic rings. The molecule has 0 fully saturated rings. The van der Waals surface area contributed by atoms with Gasteiger partial charge in [0, 0.05) is 18.1 Å². The van der Waals surface area contributed by atoms with Crippen LogP contribution in [0.5, 0.6) is 0 Å². The Morgan fingerprint density at radius 1 is 1.43 bits per heavy atom. The van der Waals surface area contributed by atoms with Gasteiger partial charge >= 0.3 is 0 Å². The van der Waals surface area contributed by atoms with Crippen LogP contribution in [0.25, 0.3) is 0 Å². The van der Waals surface area contributed by atoms with Crippen LogP contribution in [0, 0.1) is 0 Å². The number of sulfonamides is 1. The lowest BCUT2D eigenvalue weighted by atomic mass is 10.1. The third kappa shape index (κ3) is 3.68. The third-order valence-electron chi connectivity index (χ3n) is 3.19. The van der Waals surface area contributed by atoms with Crippen LogP contribution in [0.1, 0.15) is 36.0 Å². The number of nitrogens with zero attached hydrogens (tertiary/aromatic N) is 1. The number of nitrogens with two attached hydrogens (primary N) is 1. The van der Waals surface area contributed by atoms with Crippen LogP contribution in [0.4, 0.5) is 0 Å². The molecule has 0 saturated heterocycles. The number of nitrogens with one attached hydrogen (secondary N) is 1. The maximum atomic E-state index is 12.6. The van der Waals surface area contributed by atoms with Gasteiger partial charge in [0.05, 0.1) is 10.9 Å². The van der Waals surface area contributed by atoms with Gasteiger partial charge in [0.15, 0.2) is 0 Å². The molecule has 1 heterocycles. The Labute approximate surface area is 129 Å². The van der Waals surface area contributed by atoms with E-state index in [4.69, 9.17) is 5.73 Å². The van der Waals surface area contributed by atoms with E-state index in [2.05, 4.69) is 9.71 Å². The first kappa shape index (κ1) is 16.1. The normalized spacial score (nSPS) is 13.3. The second-order valence-electron chi connectivity index (χ2n) is 4.71. The van der Waals surface area contributed by atoms with E-state index < -0.39 is 10.0 Å². The van der Waals surface area contributed by atoms with Crippen LogP contribution in [0.15, 0.2) is 34.7 Å². The number of aromatic nitrogens is 1. The molecule has 0 radical (unpaired) electrons. The highest BCUT2D eigenvalue weighted by Crippen LogP contribution is 2.22. The number of hydrogen-bond donors (Lipinski definition) is 2. The first-order chi connectivity index (χ1) is 9.97. The quantitative estimate of drug-likeness (QED) is 0.852.